The number of aromatic nitrogens is 4. The minimum absolute atomic E-state index is 0. The second kappa shape index (κ2) is 13.5. The summed E-state index contributed by atoms with van der Waals surface area (Å²) in [7, 11) is 0. The number of aromatic amines is 2. The van der Waals surface area contributed by atoms with Gasteiger partial charge in [0.15, 0.2) is 0 Å². The van der Waals surface area contributed by atoms with Gasteiger partial charge < -0.3 is 25.5 Å². The van der Waals surface area contributed by atoms with Crippen molar-refractivity contribution < 1.29 is 37.4 Å². The molecular formula is C27H29Cl2F4N5O5. The molecule has 0 fully saturated rings. The van der Waals surface area contributed by atoms with Crippen LogP contribution in [0, 0.1) is 11.2 Å². The van der Waals surface area contributed by atoms with Gasteiger partial charge in [0.25, 0.3) is 0 Å². The predicted octanol–water partition coefficient (Wildman–Crippen LogP) is 6.17. The summed E-state index contributed by atoms with van der Waals surface area (Å²) in [6, 6.07) is 10.1. The second-order valence-corrected chi connectivity index (χ2v) is 10.8. The van der Waals surface area contributed by atoms with E-state index < -0.39 is 34.9 Å². The van der Waals surface area contributed by atoms with Gasteiger partial charge in [-0.05, 0) is 62.9 Å². The summed E-state index contributed by atoms with van der Waals surface area (Å²) in [4.78, 5) is 43.2. The third-order valence-electron chi connectivity index (χ3n) is 6.68. The first kappa shape index (κ1) is 35.2. The number of carboxylic acids is 2. The lowest BCUT2D eigenvalue weighted by molar-refractivity contribution is -0.192. The van der Waals surface area contributed by atoms with Crippen LogP contribution in [0.1, 0.15) is 44.7 Å². The Bertz CT molecular complexity index is 1650. The van der Waals surface area contributed by atoms with Crippen LogP contribution in [-0.2, 0) is 21.7 Å². The normalized spacial score (nSPS) is 12.9. The maximum Gasteiger partial charge on any atom is 0.490 e. The van der Waals surface area contributed by atoms with Crippen LogP contribution in [0.3, 0.4) is 0 Å². The molecule has 0 spiro atoms. The lowest BCUT2D eigenvalue weighted by Crippen LogP contribution is -2.35. The molecule has 1 unspecified atom stereocenters. The van der Waals surface area contributed by atoms with Crippen molar-refractivity contribution in [1.82, 2.24) is 19.5 Å². The fourth-order valence-electron chi connectivity index (χ4n) is 3.98. The molecule has 0 saturated carbocycles. The van der Waals surface area contributed by atoms with Crippen molar-refractivity contribution in [2.24, 2.45) is 5.41 Å². The van der Waals surface area contributed by atoms with Gasteiger partial charge in [0.2, 0.25) is 5.95 Å². The average molecular weight is 650 g/mol. The zero-order valence-electron chi connectivity index (χ0n) is 23.1. The molecule has 0 saturated heterocycles. The van der Waals surface area contributed by atoms with E-state index in [2.05, 4.69) is 15.3 Å². The number of aliphatic carboxylic acids is 2. The van der Waals surface area contributed by atoms with Crippen molar-refractivity contribution in [3.8, 4) is 0 Å². The van der Waals surface area contributed by atoms with Crippen LogP contribution < -0.4 is 11.0 Å². The highest BCUT2D eigenvalue weighted by atomic mass is 35.5. The summed E-state index contributed by atoms with van der Waals surface area (Å²) in [5.74, 6) is -3.72. The highest BCUT2D eigenvalue weighted by Gasteiger charge is 2.38. The molecule has 0 aliphatic rings. The second-order valence-electron chi connectivity index (χ2n) is 10.4. The lowest BCUT2D eigenvalue weighted by atomic mass is 9.79. The van der Waals surface area contributed by atoms with Gasteiger partial charge in [-0.1, -0.05) is 29.8 Å². The van der Waals surface area contributed by atoms with Crippen LogP contribution >= 0.6 is 24.0 Å². The number of carboxylic acid groups (broad SMARTS) is 2. The highest BCUT2D eigenvalue weighted by molar-refractivity contribution is 6.30. The first-order valence-electron chi connectivity index (χ1n) is 12.4. The Morgan fingerprint density at radius 3 is 2.26 bits per heavy atom. The van der Waals surface area contributed by atoms with E-state index in [1.54, 1.807) is 42.9 Å². The number of carbonyl (C=O) groups is 2. The smallest absolute Gasteiger partial charge is 0.481 e. The van der Waals surface area contributed by atoms with Crippen LogP contribution in [-0.4, -0.2) is 47.8 Å². The first-order chi connectivity index (χ1) is 19.4. The highest BCUT2D eigenvalue weighted by Crippen LogP contribution is 2.37. The lowest BCUT2D eigenvalue weighted by Gasteiger charge is -2.34. The molecular weight excluding hydrogens is 621 g/mol. The molecule has 10 nitrogen and oxygen atoms in total. The topological polar surface area (TPSA) is 153 Å². The van der Waals surface area contributed by atoms with Gasteiger partial charge in [-0.25, -0.2) is 19.0 Å². The van der Waals surface area contributed by atoms with Crippen LogP contribution in [0.5, 0.6) is 0 Å². The molecule has 16 heteroatoms. The number of fused-ring (bicyclic) bond motifs is 1. The van der Waals surface area contributed by atoms with Gasteiger partial charge in [-0.2, -0.15) is 13.2 Å². The van der Waals surface area contributed by atoms with Gasteiger partial charge in [-0.3, -0.25) is 9.36 Å². The van der Waals surface area contributed by atoms with Crippen molar-refractivity contribution in [2.75, 3.05) is 5.32 Å². The Morgan fingerprint density at radius 1 is 1.07 bits per heavy atom. The summed E-state index contributed by atoms with van der Waals surface area (Å²) >= 11 is 6.08. The number of halogens is 6. The molecule has 5 N–H and O–H groups in total. The van der Waals surface area contributed by atoms with Crippen molar-refractivity contribution >= 4 is 52.9 Å². The number of imidazole rings is 2. The van der Waals surface area contributed by atoms with Crippen molar-refractivity contribution in [3.05, 3.63) is 81.2 Å². The van der Waals surface area contributed by atoms with E-state index in [1.807, 2.05) is 25.1 Å². The van der Waals surface area contributed by atoms with Gasteiger partial charge in [0, 0.05) is 12.4 Å². The molecule has 4 rings (SSSR count). The summed E-state index contributed by atoms with van der Waals surface area (Å²) in [6.07, 6.45) is -1.07. The Balaban J connectivity index is 0.000000721. The standard InChI is InChI=1S/C25H27ClFN5O3.C2HF3O2.ClH/c1-24(2,21(33)34)9-10-25(3,16-7-8-18(27)17(26)13-16)31-22-29-19-6-4-5-15(20(19)30-22)14-32-12-11-28-23(32)35;3-2(4,5)1(6)7;/h4-8,11-13H,9-10,14H2,1-3H3,(H,28,35)(H,33,34)(H2,29,30,31);(H,6,7);1H. The summed E-state index contributed by atoms with van der Waals surface area (Å²) in [5, 5.41) is 20.1. The Hall–Kier alpha value is -4.04. The van der Waals surface area contributed by atoms with E-state index in [1.165, 1.54) is 6.07 Å². The van der Waals surface area contributed by atoms with E-state index in [0.29, 0.717) is 36.4 Å². The fraction of sp³-hybridized carbons (Fsp3) is 0.333. The van der Waals surface area contributed by atoms with Crippen molar-refractivity contribution in [1.29, 1.82) is 0 Å². The zero-order valence-corrected chi connectivity index (χ0v) is 24.6. The maximum absolute atomic E-state index is 13.9. The minimum Gasteiger partial charge on any atom is -0.481 e. The fourth-order valence-corrected chi connectivity index (χ4v) is 4.17. The molecule has 0 aliphatic carbocycles. The Kier molecular flexibility index (Phi) is 11.0. The monoisotopic (exact) mass is 649 g/mol. The minimum atomic E-state index is -5.08. The van der Waals surface area contributed by atoms with E-state index in [0.717, 1.165) is 11.1 Å². The summed E-state index contributed by atoms with van der Waals surface area (Å²) in [6.45, 7) is 5.59. The number of hydrogen-bond acceptors (Lipinski definition) is 5. The van der Waals surface area contributed by atoms with Crippen LogP contribution in [0.2, 0.25) is 5.02 Å². The predicted molar refractivity (Wildman–Crippen MR) is 154 cm³/mol. The SMILES string of the molecule is CC(C)(CCC(C)(Nc1nc2c(Cn3cc[nH]c3=O)cccc2[nH]1)c1ccc(F)c(Cl)c1)C(=O)O.Cl.O=C(O)C(F)(F)F. The third kappa shape index (κ3) is 8.74. The zero-order chi connectivity index (χ0) is 31.5. The van der Waals surface area contributed by atoms with E-state index >= 15 is 0 Å². The summed E-state index contributed by atoms with van der Waals surface area (Å²) < 4.78 is 47.2. The molecule has 43 heavy (non-hydrogen) atoms. The number of benzene rings is 2. The maximum atomic E-state index is 13.9. The number of H-pyrrole nitrogens is 2. The number of nitrogens with zero attached hydrogens (tertiary/aromatic N) is 2. The van der Waals surface area contributed by atoms with E-state index in [-0.39, 0.29) is 23.1 Å². The molecule has 0 bridgehead atoms. The number of hydrogen-bond donors (Lipinski definition) is 5. The van der Waals surface area contributed by atoms with Crippen LogP contribution in [0.25, 0.3) is 11.0 Å². The number of para-hydroxylation sites is 1. The van der Waals surface area contributed by atoms with Gasteiger partial charge >= 0.3 is 23.8 Å². The summed E-state index contributed by atoms with van der Waals surface area (Å²) in [5.41, 5.74) is 1.05. The van der Waals surface area contributed by atoms with Crippen molar-refractivity contribution in [3.63, 3.8) is 0 Å². The van der Waals surface area contributed by atoms with Gasteiger partial charge in [0.05, 0.1) is 33.6 Å². The molecule has 0 radical (unpaired) electrons. The van der Waals surface area contributed by atoms with Crippen molar-refractivity contribution in [2.45, 2.75) is 51.9 Å². The van der Waals surface area contributed by atoms with Crippen LogP contribution in [0.4, 0.5) is 23.5 Å². The molecule has 0 aliphatic heterocycles. The van der Waals surface area contributed by atoms with E-state index in [9.17, 15) is 32.3 Å². The number of nitrogens with one attached hydrogen (secondary N) is 3. The van der Waals surface area contributed by atoms with Gasteiger partial charge in [0.1, 0.15) is 5.82 Å². The molecule has 2 aromatic heterocycles. The number of rotatable bonds is 9. The first-order valence-corrected chi connectivity index (χ1v) is 12.8. The van der Waals surface area contributed by atoms with Crippen LogP contribution in [0.15, 0.2) is 53.6 Å². The molecule has 0 amide bonds. The molecule has 2 aromatic carbocycles. The molecule has 4 aromatic rings. The number of alkyl halides is 3. The molecule has 2 heterocycles. The Morgan fingerprint density at radius 2 is 1.72 bits per heavy atom. The molecule has 234 valence electrons. The molecule has 1 atom stereocenters. The third-order valence-corrected chi connectivity index (χ3v) is 6.97. The average Bonchev–Trinajstić information content (AvgIpc) is 3.50. The number of anilines is 1. The Labute approximate surface area is 253 Å². The quantitative estimate of drug-likeness (QED) is 0.136. The largest absolute Gasteiger partial charge is 0.490 e. The van der Waals surface area contributed by atoms with E-state index in [4.69, 9.17) is 26.5 Å². The van der Waals surface area contributed by atoms with Gasteiger partial charge in [-0.15, -0.1) is 12.4 Å².